The molecular weight excluding hydrogens is 450 g/mol. The van der Waals surface area contributed by atoms with Crippen LogP contribution in [0.25, 0.3) is 0 Å². The van der Waals surface area contributed by atoms with Crippen molar-refractivity contribution in [2.45, 2.75) is 37.4 Å². The molecule has 1 aromatic rings. The Morgan fingerprint density at radius 2 is 1.64 bits per heavy atom. The van der Waals surface area contributed by atoms with E-state index in [1.54, 1.807) is 24.3 Å². The van der Waals surface area contributed by atoms with Crippen LogP contribution in [0, 0.1) is 0 Å². The first kappa shape index (κ1) is 27.7. The molecule has 0 aromatic heterocycles. The second-order valence-electron chi connectivity index (χ2n) is 7.16. The van der Waals surface area contributed by atoms with E-state index < -0.39 is 48.4 Å². The Bertz CT molecular complexity index is 833. The van der Waals surface area contributed by atoms with Crippen LogP contribution in [0.15, 0.2) is 35.3 Å². The van der Waals surface area contributed by atoms with E-state index in [-0.39, 0.29) is 31.1 Å². The summed E-state index contributed by atoms with van der Waals surface area (Å²) in [6.07, 6.45) is 0.620. The summed E-state index contributed by atoms with van der Waals surface area (Å²) in [5, 5.41) is 16.2. The second-order valence-corrected chi connectivity index (χ2v) is 7.53. The third-order valence-corrected chi connectivity index (χ3v) is 4.83. The lowest BCUT2D eigenvalue weighted by molar-refractivity contribution is -0.138. The van der Waals surface area contributed by atoms with Crippen molar-refractivity contribution in [3.8, 4) is 0 Å². The predicted molar refractivity (Wildman–Crippen MR) is 126 cm³/mol. The highest BCUT2D eigenvalue weighted by atomic mass is 32.1. The van der Waals surface area contributed by atoms with Gasteiger partial charge in [0.1, 0.15) is 18.6 Å². The van der Waals surface area contributed by atoms with Gasteiger partial charge in [-0.05, 0) is 18.4 Å². The molecule has 0 saturated carbocycles. The highest BCUT2D eigenvalue weighted by Crippen LogP contribution is 2.06. The molecule has 0 aliphatic rings. The maximum absolute atomic E-state index is 13.0. The van der Waals surface area contributed by atoms with Gasteiger partial charge in [-0.3, -0.25) is 24.2 Å². The zero-order valence-corrected chi connectivity index (χ0v) is 19.0. The van der Waals surface area contributed by atoms with Crippen molar-refractivity contribution in [3.63, 3.8) is 0 Å². The average Bonchev–Trinajstić information content (AvgIpc) is 2.78. The van der Waals surface area contributed by atoms with Crippen LogP contribution < -0.4 is 33.2 Å². The van der Waals surface area contributed by atoms with Crippen LogP contribution in [-0.4, -0.2) is 71.7 Å². The van der Waals surface area contributed by atoms with Crippen LogP contribution in [-0.2, 0) is 25.6 Å². The first-order valence-electron chi connectivity index (χ1n) is 10.2. The molecule has 0 aliphatic heterocycles. The fourth-order valence-electron chi connectivity index (χ4n) is 2.75. The second kappa shape index (κ2) is 14.7. The van der Waals surface area contributed by atoms with Gasteiger partial charge in [-0.2, -0.15) is 12.6 Å². The van der Waals surface area contributed by atoms with Gasteiger partial charge in [0, 0.05) is 18.7 Å². The van der Waals surface area contributed by atoms with Crippen LogP contribution in [0.4, 0.5) is 0 Å². The molecule has 10 N–H and O–H groups in total. The number of nitrogens with two attached hydrogens (primary N) is 3. The minimum absolute atomic E-state index is 0.0799. The molecule has 0 radical (unpaired) electrons. The van der Waals surface area contributed by atoms with Gasteiger partial charge in [-0.15, -0.1) is 0 Å². The fraction of sp³-hybridized carbons (Fsp3) is 0.450. The topological polar surface area (TPSA) is 215 Å². The average molecular weight is 482 g/mol. The number of rotatable bonds is 14. The molecule has 33 heavy (non-hydrogen) atoms. The van der Waals surface area contributed by atoms with E-state index in [4.69, 9.17) is 22.3 Å². The number of hydrogen-bond acceptors (Lipinski definition) is 7. The standard InChI is InChI=1S/C20H31N7O5S/c21-13(11-33)17(30)27-15(9-12-5-2-1-3-6-12)19(32)26-14(7-4-8-24-20(22)23)18(31)25-10-16(28)29/h1-3,5-6,13-15,33H,4,7-11,21H2,(H,25,31)(H,26,32)(H,27,30)(H,28,29)(H4,22,23,24). The maximum Gasteiger partial charge on any atom is 0.322 e. The van der Waals surface area contributed by atoms with Crippen molar-refractivity contribution in [1.29, 1.82) is 0 Å². The SMILES string of the molecule is NC(N)=NCCCC(NC(=O)C(Cc1ccccc1)NC(=O)C(N)CS)C(=O)NCC(=O)O. The van der Waals surface area contributed by atoms with Crippen molar-refractivity contribution in [1.82, 2.24) is 16.0 Å². The number of amides is 3. The number of benzene rings is 1. The summed E-state index contributed by atoms with van der Waals surface area (Å²) in [4.78, 5) is 52.4. The van der Waals surface area contributed by atoms with Crippen LogP contribution in [0.5, 0.6) is 0 Å². The highest BCUT2D eigenvalue weighted by molar-refractivity contribution is 7.80. The quantitative estimate of drug-likeness (QED) is 0.0624. The predicted octanol–water partition coefficient (Wildman–Crippen LogP) is -2.29. The third kappa shape index (κ3) is 11.2. The summed E-state index contributed by atoms with van der Waals surface area (Å²) in [6, 6.07) is 5.95. The zero-order valence-electron chi connectivity index (χ0n) is 18.1. The van der Waals surface area contributed by atoms with Crippen LogP contribution >= 0.6 is 12.6 Å². The van der Waals surface area contributed by atoms with Gasteiger partial charge in [-0.25, -0.2) is 0 Å². The molecule has 0 aliphatic carbocycles. The number of thiol groups is 1. The van der Waals surface area contributed by atoms with Crippen LogP contribution in [0.3, 0.4) is 0 Å². The summed E-state index contributed by atoms with van der Waals surface area (Å²) < 4.78 is 0. The number of carboxylic acids is 1. The summed E-state index contributed by atoms with van der Waals surface area (Å²) in [5.41, 5.74) is 17.1. The smallest absolute Gasteiger partial charge is 0.322 e. The molecule has 0 saturated heterocycles. The molecule has 3 amide bonds. The van der Waals surface area contributed by atoms with Gasteiger partial charge >= 0.3 is 5.97 Å². The van der Waals surface area contributed by atoms with Gasteiger partial charge in [-0.1, -0.05) is 30.3 Å². The Morgan fingerprint density at radius 3 is 2.21 bits per heavy atom. The minimum Gasteiger partial charge on any atom is -0.480 e. The number of nitrogens with zero attached hydrogens (tertiary/aromatic N) is 1. The number of aliphatic carboxylic acids is 1. The van der Waals surface area contributed by atoms with Gasteiger partial charge in [0.25, 0.3) is 0 Å². The van der Waals surface area contributed by atoms with Crippen molar-refractivity contribution >= 4 is 42.3 Å². The van der Waals surface area contributed by atoms with Crippen LogP contribution in [0.1, 0.15) is 18.4 Å². The van der Waals surface area contributed by atoms with E-state index in [2.05, 4.69) is 33.6 Å². The Kier molecular flexibility index (Phi) is 12.3. The maximum atomic E-state index is 13.0. The van der Waals surface area contributed by atoms with E-state index in [0.29, 0.717) is 6.42 Å². The normalized spacial score (nSPS) is 13.2. The van der Waals surface area contributed by atoms with Gasteiger partial charge in [0.2, 0.25) is 17.7 Å². The number of aliphatic imine (C=N–C) groups is 1. The Balaban J connectivity index is 2.98. The zero-order chi connectivity index (χ0) is 24.8. The highest BCUT2D eigenvalue weighted by Gasteiger charge is 2.28. The summed E-state index contributed by atoms with van der Waals surface area (Å²) in [7, 11) is 0. The molecule has 13 heteroatoms. The minimum atomic E-state index is -1.23. The number of carbonyl (C=O) groups excluding carboxylic acids is 3. The van der Waals surface area contributed by atoms with E-state index in [9.17, 15) is 19.2 Å². The van der Waals surface area contributed by atoms with E-state index in [1.807, 2.05) is 6.07 Å². The summed E-state index contributed by atoms with van der Waals surface area (Å²) >= 11 is 4.00. The Labute approximate surface area is 197 Å². The number of carbonyl (C=O) groups is 4. The molecule has 0 spiro atoms. The van der Waals surface area contributed by atoms with E-state index in [1.165, 1.54) is 0 Å². The monoisotopic (exact) mass is 481 g/mol. The Hall–Kier alpha value is -3.32. The molecule has 0 heterocycles. The Morgan fingerprint density at radius 1 is 1.00 bits per heavy atom. The third-order valence-electron chi connectivity index (χ3n) is 4.44. The first-order valence-corrected chi connectivity index (χ1v) is 10.8. The molecule has 3 unspecified atom stereocenters. The molecule has 1 rings (SSSR count). The summed E-state index contributed by atoms with van der Waals surface area (Å²) in [5.74, 6) is -3.15. The molecule has 182 valence electrons. The van der Waals surface area contributed by atoms with Gasteiger partial charge in [0.15, 0.2) is 5.96 Å². The molecule has 1 aromatic carbocycles. The van der Waals surface area contributed by atoms with Crippen LogP contribution in [0.2, 0.25) is 0 Å². The van der Waals surface area contributed by atoms with Gasteiger partial charge in [0.05, 0.1) is 6.04 Å². The lowest BCUT2D eigenvalue weighted by Gasteiger charge is -2.24. The van der Waals surface area contributed by atoms with Crippen molar-refractivity contribution in [3.05, 3.63) is 35.9 Å². The largest absolute Gasteiger partial charge is 0.480 e. The van der Waals surface area contributed by atoms with Crippen molar-refractivity contribution in [2.24, 2.45) is 22.2 Å². The van der Waals surface area contributed by atoms with Gasteiger partial charge < -0.3 is 38.3 Å². The fourth-order valence-corrected chi connectivity index (χ4v) is 2.92. The van der Waals surface area contributed by atoms with Crippen molar-refractivity contribution in [2.75, 3.05) is 18.8 Å². The lowest BCUT2D eigenvalue weighted by Crippen LogP contribution is -2.57. The molecule has 0 fully saturated rings. The van der Waals surface area contributed by atoms with E-state index >= 15 is 0 Å². The molecular formula is C20H31N7O5S. The number of carboxylic acid groups (broad SMARTS) is 1. The lowest BCUT2D eigenvalue weighted by atomic mass is 10.0. The number of hydrogen-bond donors (Lipinski definition) is 8. The number of nitrogens with one attached hydrogen (secondary N) is 3. The number of guanidine groups is 1. The molecule has 12 nitrogen and oxygen atoms in total. The first-order chi connectivity index (χ1) is 15.6. The van der Waals surface area contributed by atoms with Crippen molar-refractivity contribution < 1.29 is 24.3 Å². The molecule has 0 bridgehead atoms. The summed E-state index contributed by atoms with van der Waals surface area (Å²) in [6.45, 7) is -0.401. The molecule has 3 atom stereocenters. The van der Waals surface area contributed by atoms with E-state index in [0.717, 1.165) is 5.56 Å².